The highest BCUT2D eigenvalue weighted by Gasteiger charge is 2.43. The molecule has 176 valence electrons. The van der Waals surface area contributed by atoms with E-state index in [1.165, 1.54) is 18.2 Å². The molecule has 0 radical (unpaired) electrons. The van der Waals surface area contributed by atoms with Gasteiger partial charge in [-0.15, -0.1) is 0 Å². The lowest BCUT2D eigenvalue weighted by Gasteiger charge is -2.39. The summed E-state index contributed by atoms with van der Waals surface area (Å²) in [5.41, 5.74) is 2.31. The fourth-order valence-corrected chi connectivity index (χ4v) is 4.71. The highest BCUT2D eigenvalue weighted by atomic mass is 16.6. The highest BCUT2D eigenvalue weighted by molar-refractivity contribution is 6.04. The number of phenolic OH excluding ortho intramolecular Hbond substituents is 1. The fourth-order valence-electron chi connectivity index (χ4n) is 4.71. The molecular weight excluding hydrogens is 436 g/mol. The van der Waals surface area contributed by atoms with Crippen molar-refractivity contribution in [1.29, 1.82) is 0 Å². The van der Waals surface area contributed by atoms with Gasteiger partial charge in [-0.1, -0.05) is 50.2 Å². The number of hydrogen-bond acceptors (Lipinski definition) is 7. The van der Waals surface area contributed by atoms with Crippen molar-refractivity contribution in [3.8, 4) is 5.75 Å². The minimum atomic E-state index is -0.845. The van der Waals surface area contributed by atoms with Gasteiger partial charge in [0, 0.05) is 35.4 Å². The molecule has 1 aliphatic carbocycles. The fraction of sp³-hybridized carbons (Fsp3) is 0.308. The summed E-state index contributed by atoms with van der Waals surface area (Å²) in [5, 5.41) is 24.7. The van der Waals surface area contributed by atoms with Crippen LogP contribution in [0.1, 0.15) is 50.7 Å². The van der Waals surface area contributed by atoms with E-state index in [1.807, 2.05) is 44.2 Å². The maximum absolute atomic E-state index is 13.3. The number of nitro benzene ring substituents is 1. The molecule has 8 nitrogen and oxygen atoms in total. The molecule has 1 heterocycles. The number of nitrogens with zero attached hydrogens (tertiary/aromatic N) is 1. The van der Waals surface area contributed by atoms with Crippen LogP contribution in [-0.2, 0) is 20.9 Å². The SMILES string of the molecule is CC1=C(C(=O)OCc2ccccc2)[C@@H](c2ccc(O)c([N+](=O)[O-])c2)C2=C(CC(C)(C)CC2=O)N1. The van der Waals surface area contributed by atoms with Crippen LogP contribution in [0.15, 0.2) is 71.1 Å². The highest BCUT2D eigenvalue weighted by Crippen LogP contribution is 2.47. The molecule has 4 rings (SSSR count). The molecule has 2 aromatic rings. The molecular formula is C26H26N2O6. The van der Waals surface area contributed by atoms with Crippen LogP contribution in [0, 0.1) is 15.5 Å². The Morgan fingerprint density at radius 3 is 2.59 bits per heavy atom. The summed E-state index contributed by atoms with van der Waals surface area (Å²) in [6, 6.07) is 13.2. The summed E-state index contributed by atoms with van der Waals surface area (Å²) in [4.78, 5) is 37.4. The van der Waals surface area contributed by atoms with Gasteiger partial charge in [0.2, 0.25) is 0 Å². The lowest BCUT2D eigenvalue weighted by Crippen LogP contribution is -2.38. The van der Waals surface area contributed by atoms with E-state index in [2.05, 4.69) is 5.32 Å². The third-order valence-electron chi connectivity index (χ3n) is 6.20. The van der Waals surface area contributed by atoms with E-state index < -0.39 is 28.2 Å². The summed E-state index contributed by atoms with van der Waals surface area (Å²) in [7, 11) is 0. The lowest BCUT2D eigenvalue weighted by atomic mass is 9.68. The van der Waals surface area contributed by atoms with Crippen LogP contribution in [0.5, 0.6) is 5.75 Å². The number of nitro groups is 1. The average molecular weight is 463 g/mol. The van der Waals surface area contributed by atoms with Gasteiger partial charge in [-0.3, -0.25) is 14.9 Å². The molecule has 2 aliphatic rings. The van der Waals surface area contributed by atoms with Gasteiger partial charge in [0.25, 0.3) is 0 Å². The Hall–Kier alpha value is -3.94. The number of hydrogen-bond donors (Lipinski definition) is 2. The van der Waals surface area contributed by atoms with Gasteiger partial charge in [0.05, 0.1) is 10.5 Å². The molecule has 0 saturated carbocycles. The molecule has 8 heteroatoms. The molecule has 0 aromatic heterocycles. The molecule has 2 aromatic carbocycles. The molecule has 0 unspecified atom stereocenters. The van der Waals surface area contributed by atoms with E-state index in [0.29, 0.717) is 29.0 Å². The Morgan fingerprint density at radius 1 is 1.21 bits per heavy atom. The molecule has 0 fully saturated rings. The number of aromatic hydroxyl groups is 1. The van der Waals surface area contributed by atoms with Crippen LogP contribution in [-0.4, -0.2) is 21.8 Å². The van der Waals surface area contributed by atoms with Gasteiger partial charge in [0.15, 0.2) is 11.5 Å². The first-order valence-electron chi connectivity index (χ1n) is 11.0. The number of esters is 1. The molecule has 0 saturated heterocycles. The van der Waals surface area contributed by atoms with Gasteiger partial charge in [0.1, 0.15) is 6.61 Å². The van der Waals surface area contributed by atoms with Crippen molar-refractivity contribution in [3.63, 3.8) is 0 Å². The van der Waals surface area contributed by atoms with E-state index in [-0.39, 0.29) is 29.8 Å². The number of nitrogens with one attached hydrogen (secondary N) is 1. The van der Waals surface area contributed by atoms with E-state index in [1.54, 1.807) is 6.92 Å². The number of rotatable bonds is 5. The maximum Gasteiger partial charge on any atom is 0.337 e. The van der Waals surface area contributed by atoms with Crippen LogP contribution in [0.3, 0.4) is 0 Å². The topological polar surface area (TPSA) is 119 Å². The van der Waals surface area contributed by atoms with E-state index in [9.17, 15) is 24.8 Å². The van der Waals surface area contributed by atoms with Crippen molar-refractivity contribution in [1.82, 2.24) is 5.32 Å². The molecule has 0 amide bonds. The van der Waals surface area contributed by atoms with Gasteiger partial charge < -0.3 is 15.2 Å². The Labute approximate surface area is 197 Å². The summed E-state index contributed by atoms with van der Waals surface area (Å²) >= 11 is 0. The zero-order chi connectivity index (χ0) is 24.6. The van der Waals surface area contributed by atoms with Crippen LogP contribution >= 0.6 is 0 Å². The van der Waals surface area contributed by atoms with Gasteiger partial charge >= 0.3 is 11.7 Å². The van der Waals surface area contributed by atoms with E-state index in [4.69, 9.17) is 4.74 Å². The number of phenols is 1. The number of dihydropyridines is 1. The zero-order valence-electron chi connectivity index (χ0n) is 19.3. The van der Waals surface area contributed by atoms with Crippen LogP contribution in [0.4, 0.5) is 5.69 Å². The first-order chi connectivity index (χ1) is 16.1. The Balaban J connectivity index is 1.80. The summed E-state index contributed by atoms with van der Waals surface area (Å²) < 4.78 is 5.59. The molecule has 1 atom stereocenters. The van der Waals surface area contributed by atoms with Crippen molar-refractivity contribution >= 4 is 17.4 Å². The predicted octanol–water partition coefficient (Wildman–Crippen LogP) is 4.65. The van der Waals surface area contributed by atoms with Crippen molar-refractivity contribution in [2.24, 2.45) is 5.41 Å². The number of allylic oxidation sites excluding steroid dienone is 3. The van der Waals surface area contributed by atoms with Crippen LogP contribution in [0.2, 0.25) is 0 Å². The summed E-state index contributed by atoms with van der Waals surface area (Å²) in [5.74, 6) is -2.07. The number of Topliss-reactive ketones (excluding diaryl/α,β-unsaturated/α-hetero) is 1. The molecule has 34 heavy (non-hydrogen) atoms. The largest absolute Gasteiger partial charge is 0.502 e. The number of carbonyl (C=O) groups excluding carboxylic acids is 2. The number of benzene rings is 2. The van der Waals surface area contributed by atoms with Crippen LogP contribution < -0.4 is 5.32 Å². The monoisotopic (exact) mass is 462 g/mol. The predicted molar refractivity (Wildman–Crippen MR) is 125 cm³/mol. The normalized spacial score (nSPS) is 19.4. The second-order valence-corrected chi connectivity index (χ2v) is 9.50. The smallest absolute Gasteiger partial charge is 0.337 e. The summed E-state index contributed by atoms with van der Waals surface area (Å²) in [6.07, 6.45) is 0.879. The standard InChI is InChI=1S/C26H26N2O6/c1-15-22(25(31)34-14-16-7-5-4-6-8-16)23(17-9-10-20(29)19(11-17)28(32)33)24-18(27-15)12-26(2,3)13-21(24)30/h4-11,23,27,29H,12-14H2,1-3H3/t23-/m1/s1. The third-order valence-corrected chi connectivity index (χ3v) is 6.20. The Kier molecular flexibility index (Phi) is 6.00. The zero-order valence-corrected chi connectivity index (χ0v) is 19.3. The molecule has 1 aliphatic heterocycles. The van der Waals surface area contributed by atoms with E-state index >= 15 is 0 Å². The first-order valence-corrected chi connectivity index (χ1v) is 11.0. The van der Waals surface area contributed by atoms with Crippen molar-refractivity contribution in [2.75, 3.05) is 0 Å². The second-order valence-electron chi connectivity index (χ2n) is 9.50. The quantitative estimate of drug-likeness (QED) is 0.377. The Bertz CT molecular complexity index is 1240. The molecule has 2 N–H and O–H groups in total. The number of carbonyl (C=O) groups is 2. The summed E-state index contributed by atoms with van der Waals surface area (Å²) in [6.45, 7) is 5.78. The number of ketones is 1. The first kappa shape index (κ1) is 23.2. The molecule has 0 bridgehead atoms. The second kappa shape index (κ2) is 8.78. The average Bonchev–Trinajstić information content (AvgIpc) is 2.76. The van der Waals surface area contributed by atoms with Crippen molar-refractivity contribution in [2.45, 2.75) is 46.1 Å². The third kappa shape index (κ3) is 4.44. The van der Waals surface area contributed by atoms with Gasteiger partial charge in [-0.25, -0.2) is 4.79 Å². The van der Waals surface area contributed by atoms with Crippen LogP contribution in [0.25, 0.3) is 0 Å². The van der Waals surface area contributed by atoms with Crippen molar-refractivity contribution < 1.29 is 24.4 Å². The van der Waals surface area contributed by atoms with Crippen molar-refractivity contribution in [3.05, 3.63) is 92.3 Å². The van der Waals surface area contributed by atoms with Gasteiger partial charge in [-0.2, -0.15) is 0 Å². The minimum absolute atomic E-state index is 0.0474. The Morgan fingerprint density at radius 2 is 1.91 bits per heavy atom. The maximum atomic E-state index is 13.3. The lowest BCUT2D eigenvalue weighted by molar-refractivity contribution is -0.385. The number of ether oxygens (including phenoxy) is 1. The molecule has 0 spiro atoms. The minimum Gasteiger partial charge on any atom is -0.502 e. The van der Waals surface area contributed by atoms with E-state index in [0.717, 1.165) is 5.56 Å². The van der Waals surface area contributed by atoms with Gasteiger partial charge in [-0.05, 0) is 36.0 Å².